The Labute approximate surface area is 217 Å². The standard InChI is InChI=1S/C26H27BrN2O5S/c1-17-6-8-18(9-7-17)16-34-24-20(27)12-19(13-21(24)33-2)14-22-25(31)29(26(32)35-22)15-23(30)28-10-4-3-5-11-28/h6-9,12-14H,3-5,10-11,15-16H2,1-2H3/b22-14-. The minimum absolute atomic E-state index is 0.187. The van der Waals surface area contributed by atoms with Crippen molar-refractivity contribution in [2.24, 2.45) is 0 Å². The van der Waals surface area contributed by atoms with Crippen LogP contribution < -0.4 is 9.47 Å². The number of carbonyl (C=O) groups excluding carboxylic acids is 3. The Morgan fingerprint density at radius 3 is 2.51 bits per heavy atom. The van der Waals surface area contributed by atoms with E-state index in [2.05, 4.69) is 15.9 Å². The van der Waals surface area contributed by atoms with Crippen molar-refractivity contribution in [2.75, 3.05) is 26.7 Å². The topological polar surface area (TPSA) is 76.2 Å². The second-order valence-corrected chi connectivity index (χ2v) is 10.4. The van der Waals surface area contributed by atoms with Crippen LogP contribution in [0.5, 0.6) is 11.5 Å². The van der Waals surface area contributed by atoms with Gasteiger partial charge in [-0.3, -0.25) is 19.3 Å². The van der Waals surface area contributed by atoms with Crippen molar-refractivity contribution in [3.05, 3.63) is 62.5 Å². The Balaban J connectivity index is 1.47. The monoisotopic (exact) mass is 558 g/mol. The molecule has 0 aromatic heterocycles. The van der Waals surface area contributed by atoms with E-state index in [0.717, 1.165) is 41.5 Å². The molecule has 2 aromatic carbocycles. The first-order valence-electron chi connectivity index (χ1n) is 11.4. The van der Waals surface area contributed by atoms with Gasteiger partial charge >= 0.3 is 0 Å². The highest BCUT2D eigenvalue weighted by atomic mass is 79.9. The largest absolute Gasteiger partial charge is 0.493 e. The first kappa shape index (κ1) is 25.3. The number of methoxy groups -OCH3 is 1. The van der Waals surface area contributed by atoms with Gasteiger partial charge in [0.25, 0.3) is 11.1 Å². The molecule has 2 fully saturated rings. The Morgan fingerprint density at radius 1 is 1.11 bits per heavy atom. The van der Waals surface area contributed by atoms with E-state index in [9.17, 15) is 14.4 Å². The lowest BCUT2D eigenvalue weighted by Gasteiger charge is -2.27. The average molecular weight is 559 g/mol. The summed E-state index contributed by atoms with van der Waals surface area (Å²) in [6.45, 7) is 3.54. The van der Waals surface area contributed by atoms with E-state index >= 15 is 0 Å². The number of ether oxygens (including phenoxy) is 2. The minimum atomic E-state index is -0.458. The van der Waals surface area contributed by atoms with Crippen LogP contribution in [0.15, 0.2) is 45.8 Å². The van der Waals surface area contributed by atoms with Crippen molar-refractivity contribution >= 4 is 50.8 Å². The van der Waals surface area contributed by atoms with E-state index in [1.54, 1.807) is 30.2 Å². The maximum absolute atomic E-state index is 12.9. The lowest BCUT2D eigenvalue weighted by atomic mass is 10.1. The summed E-state index contributed by atoms with van der Waals surface area (Å²) in [7, 11) is 1.55. The molecule has 184 valence electrons. The highest BCUT2D eigenvalue weighted by molar-refractivity contribution is 9.10. The number of halogens is 1. The first-order valence-corrected chi connectivity index (χ1v) is 13.1. The molecule has 0 saturated carbocycles. The zero-order chi connectivity index (χ0) is 24.9. The Morgan fingerprint density at radius 2 is 1.83 bits per heavy atom. The molecule has 0 unspecified atom stereocenters. The number of thioether (sulfide) groups is 1. The van der Waals surface area contributed by atoms with Gasteiger partial charge in [-0.2, -0.15) is 0 Å². The second-order valence-electron chi connectivity index (χ2n) is 8.52. The van der Waals surface area contributed by atoms with Gasteiger partial charge in [0.1, 0.15) is 13.2 Å². The van der Waals surface area contributed by atoms with Crippen LogP contribution in [-0.2, 0) is 16.2 Å². The third-order valence-corrected chi connectivity index (χ3v) is 7.43. The van der Waals surface area contributed by atoms with Gasteiger partial charge in [-0.05, 0) is 83.2 Å². The smallest absolute Gasteiger partial charge is 0.294 e. The maximum Gasteiger partial charge on any atom is 0.294 e. The van der Waals surface area contributed by atoms with E-state index in [-0.39, 0.29) is 17.4 Å². The molecule has 0 spiro atoms. The normalized spacial score (nSPS) is 17.3. The van der Waals surface area contributed by atoms with Crippen LogP contribution in [0.25, 0.3) is 6.08 Å². The van der Waals surface area contributed by atoms with Crippen LogP contribution in [0.2, 0.25) is 0 Å². The third kappa shape index (κ3) is 6.08. The predicted octanol–water partition coefficient (Wildman–Crippen LogP) is 5.39. The van der Waals surface area contributed by atoms with Gasteiger partial charge in [-0.25, -0.2) is 0 Å². The Hall–Kier alpha value is -2.78. The van der Waals surface area contributed by atoms with Gasteiger partial charge in [-0.15, -0.1) is 0 Å². The SMILES string of the molecule is COc1cc(/C=C2\SC(=O)N(CC(=O)N3CCCCC3)C2=O)cc(Br)c1OCc1ccc(C)cc1. The van der Waals surface area contributed by atoms with Crippen LogP contribution in [0.4, 0.5) is 4.79 Å². The van der Waals surface area contributed by atoms with Crippen LogP contribution in [-0.4, -0.2) is 53.6 Å². The first-order chi connectivity index (χ1) is 16.9. The van der Waals surface area contributed by atoms with Gasteiger partial charge in [0.2, 0.25) is 5.91 Å². The predicted molar refractivity (Wildman–Crippen MR) is 139 cm³/mol. The molecule has 3 amide bonds. The highest BCUT2D eigenvalue weighted by Gasteiger charge is 2.37. The van der Waals surface area contributed by atoms with E-state index in [1.165, 1.54) is 5.56 Å². The molecule has 2 aromatic rings. The van der Waals surface area contributed by atoms with Gasteiger partial charge in [0, 0.05) is 13.1 Å². The third-order valence-electron chi connectivity index (χ3n) is 5.93. The van der Waals surface area contributed by atoms with Crippen molar-refractivity contribution in [1.82, 2.24) is 9.80 Å². The van der Waals surface area contributed by atoms with Crippen molar-refractivity contribution in [1.29, 1.82) is 0 Å². The number of aryl methyl sites for hydroxylation is 1. The quantitative estimate of drug-likeness (QED) is 0.424. The van der Waals surface area contributed by atoms with Crippen molar-refractivity contribution < 1.29 is 23.9 Å². The van der Waals surface area contributed by atoms with Crippen molar-refractivity contribution in [3.8, 4) is 11.5 Å². The Kier molecular flexibility index (Phi) is 8.18. The van der Waals surface area contributed by atoms with E-state index in [0.29, 0.717) is 41.2 Å². The van der Waals surface area contributed by atoms with E-state index in [1.807, 2.05) is 31.2 Å². The van der Waals surface area contributed by atoms with Crippen LogP contribution in [0, 0.1) is 6.92 Å². The summed E-state index contributed by atoms with van der Waals surface area (Å²) in [5.74, 6) is 0.399. The fourth-order valence-electron chi connectivity index (χ4n) is 3.97. The number of hydrogen-bond donors (Lipinski definition) is 0. The van der Waals surface area contributed by atoms with E-state index in [4.69, 9.17) is 9.47 Å². The molecule has 2 heterocycles. The number of carbonyl (C=O) groups is 3. The number of nitrogens with zero attached hydrogens (tertiary/aromatic N) is 2. The zero-order valence-corrected chi connectivity index (χ0v) is 22.1. The van der Waals surface area contributed by atoms with Gasteiger partial charge in [0.05, 0.1) is 16.5 Å². The molecule has 0 N–H and O–H groups in total. The molecule has 0 atom stereocenters. The number of rotatable bonds is 7. The number of amides is 3. The van der Waals surface area contributed by atoms with Gasteiger partial charge < -0.3 is 14.4 Å². The number of imide groups is 1. The van der Waals surface area contributed by atoms with E-state index < -0.39 is 11.1 Å². The summed E-state index contributed by atoms with van der Waals surface area (Å²) in [5, 5.41) is -0.435. The molecule has 9 heteroatoms. The van der Waals surface area contributed by atoms with Crippen molar-refractivity contribution in [2.45, 2.75) is 32.8 Å². The molecule has 0 aliphatic carbocycles. The van der Waals surface area contributed by atoms with Crippen molar-refractivity contribution in [3.63, 3.8) is 0 Å². The molecule has 2 aliphatic rings. The molecule has 4 rings (SSSR count). The number of hydrogen-bond acceptors (Lipinski definition) is 6. The summed E-state index contributed by atoms with van der Waals surface area (Å²) in [4.78, 5) is 41.0. The van der Waals surface area contributed by atoms with Gasteiger partial charge in [0.15, 0.2) is 11.5 Å². The number of piperidine rings is 1. The molecule has 7 nitrogen and oxygen atoms in total. The second kappa shape index (κ2) is 11.3. The zero-order valence-electron chi connectivity index (χ0n) is 19.7. The molecule has 2 aliphatic heterocycles. The Bertz CT molecular complexity index is 1160. The molecular weight excluding hydrogens is 532 g/mol. The van der Waals surface area contributed by atoms with Crippen LogP contribution in [0.1, 0.15) is 36.0 Å². The molecule has 0 radical (unpaired) electrons. The summed E-state index contributed by atoms with van der Waals surface area (Å²) in [6, 6.07) is 11.6. The molecule has 2 saturated heterocycles. The number of benzene rings is 2. The fraction of sp³-hybridized carbons (Fsp3) is 0.346. The summed E-state index contributed by atoms with van der Waals surface area (Å²) < 4.78 is 12.2. The van der Waals surface area contributed by atoms with Crippen LogP contribution in [0.3, 0.4) is 0 Å². The lowest BCUT2D eigenvalue weighted by Crippen LogP contribution is -2.44. The summed E-state index contributed by atoms with van der Waals surface area (Å²) in [5.41, 5.74) is 2.88. The average Bonchev–Trinajstić information content (AvgIpc) is 3.11. The van der Waals surface area contributed by atoms with Gasteiger partial charge in [-0.1, -0.05) is 29.8 Å². The molecule has 0 bridgehead atoms. The minimum Gasteiger partial charge on any atom is -0.493 e. The summed E-state index contributed by atoms with van der Waals surface area (Å²) in [6.07, 6.45) is 4.64. The molecule has 35 heavy (non-hydrogen) atoms. The number of likely N-dealkylation sites (tertiary alicyclic amines) is 1. The lowest BCUT2D eigenvalue weighted by molar-refractivity contribution is -0.136. The fourth-order valence-corrected chi connectivity index (χ4v) is 5.38. The molecular formula is C26H27BrN2O5S. The highest BCUT2D eigenvalue weighted by Crippen LogP contribution is 2.39. The maximum atomic E-state index is 12.9. The summed E-state index contributed by atoms with van der Waals surface area (Å²) >= 11 is 4.37. The van der Waals surface area contributed by atoms with Crippen LogP contribution >= 0.6 is 27.7 Å².